The molecule has 0 fully saturated rings. The van der Waals surface area contributed by atoms with E-state index in [1.54, 1.807) is 12.3 Å². The molecule has 0 saturated heterocycles. The van der Waals surface area contributed by atoms with Crippen LogP contribution in [0.1, 0.15) is 37.1 Å². The highest BCUT2D eigenvalue weighted by atomic mass is 16.3. The second kappa shape index (κ2) is 8.24. The summed E-state index contributed by atoms with van der Waals surface area (Å²) in [7, 11) is 0. The van der Waals surface area contributed by atoms with Crippen LogP contribution in [0.25, 0.3) is 0 Å². The van der Waals surface area contributed by atoms with Crippen LogP contribution < -0.4 is 10.6 Å². The molecule has 2 amide bonds. The van der Waals surface area contributed by atoms with Crippen LogP contribution in [0.15, 0.2) is 53.1 Å². The van der Waals surface area contributed by atoms with E-state index in [9.17, 15) is 9.90 Å². The SMILES string of the molecule is CCCC(O)CNC(=O)NC(c1ccccc1)c1ccco1. The van der Waals surface area contributed by atoms with Crippen molar-refractivity contribution in [3.8, 4) is 0 Å². The van der Waals surface area contributed by atoms with Crippen molar-refractivity contribution in [1.82, 2.24) is 10.6 Å². The fourth-order valence-corrected chi connectivity index (χ4v) is 2.25. The molecule has 2 rings (SSSR count). The van der Waals surface area contributed by atoms with E-state index in [0.29, 0.717) is 12.2 Å². The number of furan rings is 1. The van der Waals surface area contributed by atoms with E-state index in [1.165, 1.54) is 0 Å². The van der Waals surface area contributed by atoms with Gasteiger partial charge in [-0.05, 0) is 24.1 Å². The Bertz CT molecular complexity index is 555. The van der Waals surface area contributed by atoms with Crippen molar-refractivity contribution < 1.29 is 14.3 Å². The molecule has 5 nitrogen and oxygen atoms in total. The van der Waals surface area contributed by atoms with E-state index in [0.717, 1.165) is 12.0 Å². The Morgan fingerprint density at radius 2 is 2.00 bits per heavy atom. The summed E-state index contributed by atoms with van der Waals surface area (Å²) in [6.07, 6.45) is 2.61. The van der Waals surface area contributed by atoms with Gasteiger partial charge in [0.05, 0.1) is 12.4 Å². The first-order chi connectivity index (χ1) is 10.7. The highest BCUT2D eigenvalue weighted by molar-refractivity contribution is 5.74. The average molecular weight is 302 g/mol. The molecule has 5 heteroatoms. The maximum atomic E-state index is 12.1. The Labute approximate surface area is 130 Å². The summed E-state index contributed by atoms with van der Waals surface area (Å²) in [5, 5.41) is 15.2. The third kappa shape index (κ3) is 4.63. The number of rotatable bonds is 7. The largest absolute Gasteiger partial charge is 0.467 e. The van der Waals surface area contributed by atoms with Crippen molar-refractivity contribution in [3.63, 3.8) is 0 Å². The quantitative estimate of drug-likeness (QED) is 0.736. The zero-order valence-electron chi connectivity index (χ0n) is 12.7. The second-order valence-corrected chi connectivity index (χ2v) is 5.16. The summed E-state index contributed by atoms with van der Waals surface area (Å²) in [6.45, 7) is 2.23. The first kappa shape index (κ1) is 16.1. The molecule has 2 atom stereocenters. The zero-order valence-corrected chi connectivity index (χ0v) is 12.7. The number of carbonyl (C=O) groups is 1. The lowest BCUT2D eigenvalue weighted by molar-refractivity contribution is 0.160. The number of hydrogen-bond donors (Lipinski definition) is 3. The van der Waals surface area contributed by atoms with Crippen LogP contribution in [-0.2, 0) is 0 Å². The molecule has 0 aliphatic carbocycles. The second-order valence-electron chi connectivity index (χ2n) is 5.16. The lowest BCUT2D eigenvalue weighted by Gasteiger charge is -2.18. The van der Waals surface area contributed by atoms with Crippen LogP contribution in [0.4, 0.5) is 4.79 Å². The van der Waals surface area contributed by atoms with Gasteiger partial charge < -0.3 is 20.2 Å². The fourth-order valence-electron chi connectivity index (χ4n) is 2.25. The molecule has 2 aromatic rings. The molecule has 0 aliphatic rings. The van der Waals surface area contributed by atoms with Crippen LogP contribution in [-0.4, -0.2) is 23.8 Å². The van der Waals surface area contributed by atoms with Crippen molar-refractivity contribution in [1.29, 1.82) is 0 Å². The predicted octanol–water partition coefficient (Wildman–Crippen LogP) is 2.83. The third-order valence-corrected chi connectivity index (χ3v) is 3.36. The topological polar surface area (TPSA) is 74.5 Å². The van der Waals surface area contributed by atoms with Gasteiger partial charge in [-0.25, -0.2) is 4.79 Å². The van der Waals surface area contributed by atoms with Gasteiger partial charge in [0.1, 0.15) is 11.8 Å². The standard InChI is InChI=1S/C17H22N2O3/c1-2-7-14(20)12-18-17(21)19-16(15-10-6-11-22-15)13-8-4-3-5-9-13/h3-6,8-11,14,16,20H,2,7,12H2,1H3,(H2,18,19,21). The average Bonchev–Trinajstić information content (AvgIpc) is 3.06. The molecule has 1 aromatic carbocycles. The Morgan fingerprint density at radius 3 is 2.64 bits per heavy atom. The first-order valence-corrected chi connectivity index (χ1v) is 7.51. The van der Waals surface area contributed by atoms with Crippen LogP contribution in [0.3, 0.4) is 0 Å². The molecule has 22 heavy (non-hydrogen) atoms. The molecule has 1 heterocycles. The Balaban J connectivity index is 2.00. The lowest BCUT2D eigenvalue weighted by atomic mass is 10.1. The smallest absolute Gasteiger partial charge is 0.315 e. The van der Waals surface area contributed by atoms with Crippen molar-refractivity contribution in [2.24, 2.45) is 0 Å². The van der Waals surface area contributed by atoms with Crippen LogP contribution in [0.2, 0.25) is 0 Å². The molecule has 1 aromatic heterocycles. The summed E-state index contributed by atoms with van der Waals surface area (Å²) >= 11 is 0. The molecule has 0 radical (unpaired) electrons. The van der Waals surface area contributed by atoms with Crippen LogP contribution >= 0.6 is 0 Å². The van der Waals surface area contributed by atoms with Gasteiger partial charge >= 0.3 is 6.03 Å². The van der Waals surface area contributed by atoms with Gasteiger partial charge in [0.2, 0.25) is 0 Å². The minimum absolute atomic E-state index is 0.235. The number of benzene rings is 1. The zero-order chi connectivity index (χ0) is 15.8. The van der Waals surface area contributed by atoms with Gasteiger partial charge in [0.25, 0.3) is 0 Å². The number of amides is 2. The normalized spacial score (nSPS) is 13.4. The minimum Gasteiger partial charge on any atom is -0.467 e. The predicted molar refractivity (Wildman–Crippen MR) is 84.4 cm³/mol. The third-order valence-electron chi connectivity index (χ3n) is 3.36. The lowest BCUT2D eigenvalue weighted by Crippen LogP contribution is -2.41. The van der Waals surface area contributed by atoms with Crippen molar-refractivity contribution >= 4 is 6.03 Å². The number of hydrogen-bond acceptors (Lipinski definition) is 3. The number of carbonyl (C=O) groups excluding carboxylic acids is 1. The molecule has 118 valence electrons. The van der Waals surface area contributed by atoms with Crippen molar-refractivity contribution in [2.45, 2.75) is 31.9 Å². The summed E-state index contributed by atoms with van der Waals surface area (Å²) in [4.78, 5) is 12.1. The van der Waals surface area contributed by atoms with Crippen LogP contribution in [0, 0.1) is 0 Å². The highest BCUT2D eigenvalue weighted by Gasteiger charge is 2.19. The highest BCUT2D eigenvalue weighted by Crippen LogP contribution is 2.22. The maximum Gasteiger partial charge on any atom is 0.315 e. The van der Waals surface area contributed by atoms with Gasteiger partial charge in [-0.1, -0.05) is 43.7 Å². The monoisotopic (exact) mass is 302 g/mol. The Hall–Kier alpha value is -2.27. The molecule has 2 unspecified atom stereocenters. The molecule has 0 spiro atoms. The first-order valence-electron chi connectivity index (χ1n) is 7.51. The molecular weight excluding hydrogens is 280 g/mol. The van der Waals surface area contributed by atoms with Crippen molar-refractivity contribution in [3.05, 3.63) is 60.1 Å². The molecule has 0 bridgehead atoms. The Kier molecular flexibility index (Phi) is 6.03. The number of urea groups is 1. The number of aliphatic hydroxyl groups excluding tert-OH is 1. The van der Waals surface area contributed by atoms with Gasteiger partial charge in [-0.2, -0.15) is 0 Å². The van der Waals surface area contributed by atoms with E-state index in [-0.39, 0.29) is 18.6 Å². The van der Waals surface area contributed by atoms with Crippen molar-refractivity contribution in [2.75, 3.05) is 6.54 Å². The number of nitrogens with one attached hydrogen (secondary N) is 2. The van der Waals surface area contributed by atoms with E-state index < -0.39 is 6.10 Å². The Morgan fingerprint density at radius 1 is 1.23 bits per heavy atom. The van der Waals surface area contributed by atoms with Crippen LogP contribution in [0.5, 0.6) is 0 Å². The molecular formula is C17H22N2O3. The van der Waals surface area contributed by atoms with Gasteiger partial charge in [0.15, 0.2) is 0 Å². The van der Waals surface area contributed by atoms with E-state index in [4.69, 9.17) is 4.42 Å². The molecule has 0 saturated carbocycles. The maximum absolute atomic E-state index is 12.1. The molecule has 0 aliphatic heterocycles. The minimum atomic E-state index is -0.519. The van der Waals surface area contributed by atoms with E-state index in [1.807, 2.05) is 43.3 Å². The summed E-state index contributed by atoms with van der Waals surface area (Å²) < 4.78 is 5.42. The summed E-state index contributed by atoms with van der Waals surface area (Å²) in [5.74, 6) is 0.662. The summed E-state index contributed by atoms with van der Waals surface area (Å²) in [5.41, 5.74) is 0.932. The van der Waals surface area contributed by atoms with Gasteiger partial charge in [-0.3, -0.25) is 0 Å². The fraction of sp³-hybridized carbons (Fsp3) is 0.353. The molecule has 3 N–H and O–H groups in total. The number of aliphatic hydroxyl groups is 1. The van der Waals surface area contributed by atoms with Gasteiger partial charge in [0, 0.05) is 6.54 Å². The van der Waals surface area contributed by atoms with E-state index in [2.05, 4.69) is 10.6 Å². The summed E-state index contributed by atoms with van der Waals surface area (Å²) in [6, 6.07) is 12.5. The van der Waals surface area contributed by atoms with Gasteiger partial charge in [-0.15, -0.1) is 0 Å². The van der Waals surface area contributed by atoms with E-state index >= 15 is 0 Å².